The lowest BCUT2D eigenvalue weighted by atomic mass is 9.86. The van der Waals surface area contributed by atoms with E-state index in [0.717, 1.165) is 22.3 Å². The lowest BCUT2D eigenvalue weighted by molar-refractivity contribution is 0.530. The zero-order chi connectivity index (χ0) is 20.4. The van der Waals surface area contributed by atoms with E-state index in [1.807, 2.05) is 78.9 Å². The molecule has 0 bridgehead atoms. The summed E-state index contributed by atoms with van der Waals surface area (Å²) >= 11 is 0. The smallest absolute Gasteiger partial charge is 0.344 e. The molecule has 29 heavy (non-hydrogen) atoms. The first-order chi connectivity index (χ1) is 13.9. The summed E-state index contributed by atoms with van der Waals surface area (Å²) in [6.45, 7) is 6.54. The van der Waals surface area contributed by atoms with Gasteiger partial charge in [-0.15, -0.1) is 0 Å². The van der Waals surface area contributed by atoms with Gasteiger partial charge in [-0.1, -0.05) is 106 Å². The molecule has 0 saturated heterocycles. The van der Waals surface area contributed by atoms with Gasteiger partial charge in [0, 0.05) is 11.1 Å². The first-order valence-corrected chi connectivity index (χ1v) is 9.83. The van der Waals surface area contributed by atoms with Crippen LogP contribution in [0.1, 0.15) is 26.3 Å². The highest BCUT2D eigenvalue weighted by Crippen LogP contribution is 2.34. The summed E-state index contributed by atoms with van der Waals surface area (Å²) in [4.78, 5) is 12.9. The molecule has 0 unspecified atom stereocenters. The monoisotopic (exact) mass is 380 g/mol. The fraction of sp³-hybridized carbons (Fsp3) is 0.148. The highest BCUT2D eigenvalue weighted by molar-refractivity contribution is 5.82. The molecule has 0 aliphatic rings. The van der Waals surface area contributed by atoms with E-state index in [1.165, 1.54) is 5.56 Å². The number of rotatable bonds is 3. The summed E-state index contributed by atoms with van der Waals surface area (Å²) in [7, 11) is 0. The Bertz CT molecular complexity index is 1160. The molecule has 2 heteroatoms. The van der Waals surface area contributed by atoms with Crippen molar-refractivity contribution in [1.82, 2.24) is 0 Å². The Hall–Kier alpha value is -3.39. The minimum Gasteiger partial charge on any atom is -0.422 e. The largest absolute Gasteiger partial charge is 0.422 e. The first kappa shape index (κ1) is 18.9. The Labute approximate surface area is 171 Å². The molecule has 4 aromatic rings. The maximum Gasteiger partial charge on any atom is 0.344 e. The van der Waals surface area contributed by atoms with Crippen molar-refractivity contribution in [3.8, 4) is 33.6 Å². The van der Waals surface area contributed by atoms with Crippen LogP contribution in [-0.4, -0.2) is 0 Å². The fourth-order valence-electron chi connectivity index (χ4n) is 3.46. The van der Waals surface area contributed by atoms with Crippen molar-refractivity contribution in [2.24, 2.45) is 0 Å². The van der Waals surface area contributed by atoms with E-state index in [1.54, 1.807) is 0 Å². The van der Waals surface area contributed by atoms with Crippen LogP contribution < -0.4 is 5.63 Å². The van der Waals surface area contributed by atoms with Gasteiger partial charge in [-0.25, -0.2) is 4.79 Å². The summed E-state index contributed by atoms with van der Waals surface area (Å²) in [5.41, 5.74) is 5.22. The number of hydrogen-bond donors (Lipinski definition) is 0. The molecule has 0 saturated carbocycles. The first-order valence-electron chi connectivity index (χ1n) is 9.83. The molecule has 0 aliphatic carbocycles. The highest BCUT2D eigenvalue weighted by atomic mass is 16.4. The number of benzene rings is 3. The van der Waals surface area contributed by atoms with Gasteiger partial charge in [0.2, 0.25) is 0 Å². The van der Waals surface area contributed by atoms with Gasteiger partial charge >= 0.3 is 5.63 Å². The zero-order valence-corrected chi connectivity index (χ0v) is 17.0. The summed E-state index contributed by atoms with van der Waals surface area (Å²) in [6.07, 6.45) is 0. The zero-order valence-electron chi connectivity index (χ0n) is 17.0. The van der Waals surface area contributed by atoms with Crippen molar-refractivity contribution in [1.29, 1.82) is 0 Å². The normalized spacial score (nSPS) is 11.4. The Morgan fingerprint density at radius 2 is 1.14 bits per heavy atom. The number of hydrogen-bond acceptors (Lipinski definition) is 2. The Morgan fingerprint density at radius 1 is 0.621 bits per heavy atom. The van der Waals surface area contributed by atoms with Gasteiger partial charge in [0.1, 0.15) is 5.76 Å². The third-order valence-corrected chi connectivity index (χ3v) is 5.13. The summed E-state index contributed by atoms with van der Waals surface area (Å²) in [5.74, 6) is 0.594. The maximum absolute atomic E-state index is 12.9. The van der Waals surface area contributed by atoms with Crippen LogP contribution in [0.5, 0.6) is 0 Å². The van der Waals surface area contributed by atoms with Gasteiger partial charge in [0.15, 0.2) is 0 Å². The third kappa shape index (κ3) is 3.93. The van der Waals surface area contributed by atoms with E-state index in [4.69, 9.17) is 4.42 Å². The molecule has 0 radical (unpaired) electrons. The molecule has 2 nitrogen and oxygen atoms in total. The predicted octanol–water partition coefficient (Wildman–Crippen LogP) is 6.94. The quantitative estimate of drug-likeness (QED) is 0.385. The standard InChI is InChI=1S/C27H24O2/c1-27(2,3)22-16-14-20(15-17-22)24-18-23(19-10-6-4-7-11-19)25(29-26(24)28)21-12-8-5-9-13-21/h4-18H,1-3H3. The van der Waals surface area contributed by atoms with Crippen molar-refractivity contribution in [2.45, 2.75) is 26.2 Å². The van der Waals surface area contributed by atoms with Gasteiger partial charge < -0.3 is 4.42 Å². The van der Waals surface area contributed by atoms with Crippen molar-refractivity contribution < 1.29 is 4.42 Å². The summed E-state index contributed by atoms with van der Waals surface area (Å²) in [5, 5.41) is 0. The molecule has 0 atom stereocenters. The van der Waals surface area contributed by atoms with Crippen LogP contribution in [0, 0.1) is 0 Å². The maximum atomic E-state index is 12.9. The molecule has 144 valence electrons. The van der Waals surface area contributed by atoms with Crippen LogP contribution in [0.25, 0.3) is 33.6 Å². The van der Waals surface area contributed by atoms with E-state index in [2.05, 4.69) is 32.9 Å². The topological polar surface area (TPSA) is 30.2 Å². The Morgan fingerprint density at radius 3 is 1.69 bits per heavy atom. The molecule has 4 rings (SSSR count). The van der Waals surface area contributed by atoms with Gasteiger partial charge in [-0.2, -0.15) is 0 Å². The SMILES string of the molecule is CC(C)(C)c1ccc(-c2cc(-c3ccccc3)c(-c3ccccc3)oc2=O)cc1. The molecule has 1 aromatic heterocycles. The van der Waals surface area contributed by atoms with E-state index >= 15 is 0 Å². The summed E-state index contributed by atoms with van der Waals surface area (Å²) < 4.78 is 5.88. The molecule has 1 heterocycles. The van der Waals surface area contributed by atoms with E-state index in [0.29, 0.717) is 11.3 Å². The highest BCUT2D eigenvalue weighted by Gasteiger charge is 2.17. The van der Waals surface area contributed by atoms with Gasteiger partial charge in [-0.3, -0.25) is 0 Å². The molecule has 0 spiro atoms. The van der Waals surface area contributed by atoms with E-state index in [-0.39, 0.29) is 11.0 Å². The van der Waals surface area contributed by atoms with Gasteiger partial charge in [0.25, 0.3) is 0 Å². The van der Waals surface area contributed by atoms with Crippen LogP contribution in [0.15, 0.2) is 100 Å². The van der Waals surface area contributed by atoms with Crippen molar-refractivity contribution in [3.05, 3.63) is 107 Å². The molecule has 0 amide bonds. The minimum absolute atomic E-state index is 0.0650. The lowest BCUT2D eigenvalue weighted by Gasteiger charge is -2.19. The lowest BCUT2D eigenvalue weighted by Crippen LogP contribution is -2.11. The molecular weight excluding hydrogens is 356 g/mol. The van der Waals surface area contributed by atoms with Crippen molar-refractivity contribution in [3.63, 3.8) is 0 Å². The second-order valence-corrected chi connectivity index (χ2v) is 8.25. The van der Waals surface area contributed by atoms with Crippen LogP contribution in [-0.2, 0) is 5.41 Å². The van der Waals surface area contributed by atoms with Crippen LogP contribution in [0.4, 0.5) is 0 Å². The minimum atomic E-state index is -0.327. The summed E-state index contributed by atoms with van der Waals surface area (Å²) in [6, 6.07) is 29.9. The van der Waals surface area contributed by atoms with Crippen LogP contribution in [0.3, 0.4) is 0 Å². The molecular formula is C27H24O2. The van der Waals surface area contributed by atoms with Crippen molar-refractivity contribution in [2.75, 3.05) is 0 Å². The second-order valence-electron chi connectivity index (χ2n) is 8.25. The van der Waals surface area contributed by atoms with Gasteiger partial charge in [0.05, 0.1) is 5.56 Å². The molecule has 3 aromatic carbocycles. The average molecular weight is 380 g/mol. The fourth-order valence-corrected chi connectivity index (χ4v) is 3.46. The van der Waals surface area contributed by atoms with Gasteiger partial charge in [-0.05, 0) is 28.2 Å². The molecule has 0 fully saturated rings. The third-order valence-electron chi connectivity index (χ3n) is 5.13. The van der Waals surface area contributed by atoms with Crippen LogP contribution >= 0.6 is 0 Å². The molecule has 0 aliphatic heterocycles. The second kappa shape index (κ2) is 7.56. The van der Waals surface area contributed by atoms with Crippen LogP contribution in [0.2, 0.25) is 0 Å². The average Bonchev–Trinajstić information content (AvgIpc) is 2.74. The van der Waals surface area contributed by atoms with E-state index in [9.17, 15) is 4.79 Å². The predicted molar refractivity (Wildman–Crippen MR) is 120 cm³/mol. The molecule has 0 N–H and O–H groups in total. The van der Waals surface area contributed by atoms with Crippen molar-refractivity contribution >= 4 is 0 Å². The Kier molecular flexibility index (Phi) is 4.94. The van der Waals surface area contributed by atoms with E-state index < -0.39 is 0 Å². The Balaban J connectivity index is 1.90.